The number of hydrogen-bond donors (Lipinski definition) is 2. The normalized spacial score (nSPS) is 29.2. The Morgan fingerprint density at radius 3 is 2.69 bits per heavy atom. The summed E-state index contributed by atoms with van der Waals surface area (Å²) < 4.78 is 0. The molecule has 1 aliphatic carbocycles. The molecular weight excluding hydrogens is 208 g/mol. The van der Waals surface area contributed by atoms with Crippen LogP contribution in [0, 0.1) is 0 Å². The maximum absolute atomic E-state index is 11.9. The lowest BCUT2D eigenvalue weighted by Crippen LogP contribution is -2.55. The molecular formula is C11H18N2O3. The molecule has 1 unspecified atom stereocenters. The largest absolute Gasteiger partial charge is 0.479 e. The van der Waals surface area contributed by atoms with Crippen LogP contribution in [-0.2, 0) is 4.79 Å². The zero-order valence-corrected chi connectivity index (χ0v) is 9.53. The first kappa shape index (κ1) is 11.2. The van der Waals surface area contributed by atoms with Crippen LogP contribution >= 0.6 is 0 Å². The molecule has 1 heterocycles. The third-order valence-electron chi connectivity index (χ3n) is 3.62. The van der Waals surface area contributed by atoms with Crippen molar-refractivity contribution >= 4 is 12.0 Å². The fourth-order valence-corrected chi connectivity index (χ4v) is 2.40. The second kappa shape index (κ2) is 3.96. The van der Waals surface area contributed by atoms with Gasteiger partial charge in [0.1, 0.15) is 5.54 Å². The van der Waals surface area contributed by atoms with Crippen LogP contribution in [-0.4, -0.2) is 40.1 Å². The first-order valence-corrected chi connectivity index (χ1v) is 5.91. The summed E-state index contributed by atoms with van der Waals surface area (Å²) in [6.07, 6.45) is 3.85. The summed E-state index contributed by atoms with van der Waals surface area (Å²) in [5.74, 6) is -0.876. The molecule has 2 N–H and O–H groups in total. The first-order valence-electron chi connectivity index (χ1n) is 5.91. The summed E-state index contributed by atoms with van der Waals surface area (Å²) in [4.78, 5) is 24.8. The van der Waals surface area contributed by atoms with Crippen molar-refractivity contribution in [2.45, 2.75) is 50.6 Å². The van der Waals surface area contributed by atoms with E-state index in [1.807, 2.05) is 6.92 Å². The molecule has 90 valence electrons. The van der Waals surface area contributed by atoms with E-state index >= 15 is 0 Å². The van der Waals surface area contributed by atoms with Gasteiger partial charge in [0.2, 0.25) is 0 Å². The molecule has 5 heteroatoms. The molecule has 1 saturated heterocycles. The van der Waals surface area contributed by atoms with Gasteiger partial charge in [-0.1, -0.05) is 6.92 Å². The third kappa shape index (κ3) is 1.74. The van der Waals surface area contributed by atoms with E-state index in [2.05, 4.69) is 5.32 Å². The molecule has 2 rings (SSSR count). The van der Waals surface area contributed by atoms with E-state index in [1.54, 1.807) is 0 Å². The number of amides is 2. The Bertz CT molecular complexity index is 314. The van der Waals surface area contributed by atoms with E-state index in [1.165, 1.54) is 4.90 Å². The molecule has 0 aromatic carbocycles. The van der Waals surface area contributed by atoms with Crippen LogP contribution in [0.4, 0.5) is 4.79 Å². The molecule has 16 heavy (non-hydrogen) atoms. The third-order valence-corrected chi connectivity index (χ3v) is 3.62. The Hall–Kier alpha value is -1.26. The van der Waals surface area contributed by atoms with Crippen LogP contribution in [0.2, 0.25) is 0 Å². The van der Waals surface area contributed by atoms with E-state index < -0.39 is 11.5 Å². The van der Waals surface area contributed by atoms with Crippen molar-refractivity contribution in [3.63, 3.8) is 0 Å². The van der Waals surface area contributed by atoms with E-state index in [0.29, 0.717) is 19.4 Å². The van der Waals surface area contributed by atoms with E-state index in [4.69, 9.17) is 0 Å². The Morgan fingerprint density at radius 1 is 1.50 bits per heavy atom. The second-order valence-corrected chi connectivity index (χ2v) is 4.67. The first-order chi connectivity index (χ1) is 7.60. The summed E-state index contributed by atoms with van der Waals surface area (Å²) in [7, 11) is 0. The summed E-state index contributed by atoms with van der Waals surface area (Å²) in [5, 5.41) is 12.2. The van der Waals surface area contributed by atoms with Gasteiger partial charge in [0.15, 0.2) is 0 Å². The number of carbonyl (C=O) groups is 2. The number of rotatable bonds is 3. The van der Waals surface area contributed by atoms with Gasteiger partial charge >= 0.3 is 12.0 Å². The Labute approximate surface area is 94.8 Å². The lowest BCUT2D eigenvalue weighted by molar-refractivity contribution is -0.148. The molecule has 1 saturated carbocycles. The Morgan fingerprint density at radius 2 is 2.19 bits per heavy atom. The summed E-state index contributed by atoms with van der Waals surface area (Å²) >= 11 is 0. The zero-order valence-electron chi connectivity index (χ0n) is 9.53. The molecule has 0 bridgehead atoms. The number of carbonyl (C=O) groups excluding carboxylic acids is 1. The minimum absolute atomic E-state index is 0.204. The standard InChI is InChI=1S/C11H18N2O3/c1-2-11(9(14)15)6-3-7-13(11)10(16)12-8-4-5-8/h8H,2-7H2,1H3,(H,12,16)(H,14,15). The number of hydrogen-bond acceptors (Lipinski definition) is 2. The number of aliphatic carboxylic acids is 1. The van der Waals surface area contributed by atoms with Gasteiger partial charge in [0, 0.05) is 12.6 Å². The van der Waals surface area contributed by atoms with Crippen LogP contribution in [0.3, 0.4) is 0 Å². The van der Waals surface area contributed by atoms with Crippen molar-refractivity contribution < 1.29 is 14.7 Å². The average Bonchev–Trinajstić information content (AvgIpc) is 2.94. The maximum Gasteiger partial charge on any atom is 0.329 e. The van der Waals surface area contributed by atoms with Gasteiger partial charge in [-0.25, -0.2) is 9.59 Å². The van der Waals surface area contributed by atoms with Gasteiger partial charge in [-0.3, -0.25) is 0 Å². The van der Waals surface area contributed by atoms with E-state index in [0.717, 1.165) is 19.3 Å². The number of carboxylic acids is 1. The second-order valence-electron chi connectivity index (χ2n) is 4.67. The Kier molecular flexibility index (Phi) is 2.78. The SMILES string of the molecule is CCC1(C(=O)O)CCCN1C(=O)NC1CC1. The molecule has 0 radical (unpaired) electrons. The number of nitrogens with zero attached hydrogens (tertiary/aromatic N) is 1. The summed E-state index contributed by atoms with van der Waals surface area (Å²) in [6, 6.07) is 0.0701. The topological polar surface area (TPSA) is 69.6 Å². The highest BCUT2D eigenvalue weighted by Crippen LogP contribution is 2.33. The van der Waals surface area contributed by atoms with Gasteiger partial charge in [-0.15, -0.1) is 0 Å². The van der Waals surface area contributed by atoms with E-state index in [-0.39, 0.29) is 12.1 Å². The van der Waals surface area contributed by atoms with Crippen LogP contribution in [0.25, 0.3) is 0 Å². The highest BCUT2D eigenvalue weighted by Gasteiger charge is 2.49. The molecule has 0 aromatic rings. The predicted molar refractivity (Wildman–Crippen MR) is 58.2 cm³/mol. The minimum Gasteiger partial charge on any atom is -0.479 e. The summed E-state index contributed by atoms with van der Waals surface area (Å²) in [5.41, 5.74) is -0.973. The maximum atomic E-state index is 11.9. The number of nitrogens with one attached hydrogen (secondary N) is 1. The molecule has 2 fully saturated rings. The molecule has 1 atom stereocenters. The Balaban J connectivity index is 2.11. The van der Waals surface area contributed by atoms with Gasteiger partial charge in [-0.2, -0.15) is 0 Å². The monoisotopic (exact) mass is 226 g/mol. The van der Waals surface area contributed by atoms with Crippen molar-refractivity contribution in [1.29, 1.82) is 0 Å². The van der Waals surface area contributed by atoms with Crippen molar-refractivity contribution in [2.24, 2.45) is 0 Å². The smallest absolute Gasteiger partial charge is 0.329 e. The molecule has 5 nitrogen and oxygen atoms in total. The number of likely N-dealkylation sites (tertiary alicyclic amines) is 1. The number of urea groups is 1. The fraction of sp³-hybridized carbons (Fsp3) is 0.818. The lowest BCUT2D eigenvalue weighted by atomic mass is 9.93. The highest BCUT2D eigenvalue weighted by molar-refractivity contribution is 5.87. The summed E-state index contributed by atoms with van der Waals surface area (Å²) in [6.45, 7) is 2.38. The molecule has 0 aromatic heterocycles. The minimum atomic E-state index is -0.973. The quantitative estimate of drug-likeness (QED) is 0.759. The number of carboxylic acid groups (broad SMARTS) is 1. The fourth-order valence-electron chi connectivity index (χ4n) is 2.40. The van der Waals surface area contributed by atoms with Crippen LogP contribution in [0.5, 0.6) is 0 Å². The van der Waals surface area contributed by atoms with Gasteiger partial charge < -0.3 is 15.3 Å². The lowest BCUT2D eigenvalue weighted by Gasteiger charge is -2.33. The van der Waals surface area contributed by atoms with Crippen LogP contribution in [0.15, 0.2) is 0 Å². The zero-order chi connectivity index (χ0) is 11.8. The average molecular weight is 226 g/mol. The van der Waals surface area contributed by atoms with Gasteiger partial charge in [0.25, 0.3) is 0 Å². The van der Waals surface area contributed by atoms with Crippen molar-refractivity contribution in [1.82, 2.24) is 10.2 Å². The van der Waals surface area contributed by atoms with Crippen molar-refractivity contribution in [2.75, 3.05) is 6.54 Å². The highest BCUT2D eigenvalue weighted by atomic mass is 16.4. The van der Waals surface area contributed by atoms with Crippen molar-refractivity contribution in [3.8, 4) is 0 Å². The van der Waals surface area contributed by atoms with E-state index in [9.17, 15) is 14.7 Å². The molecule has 2 aliphatic rings. The van der Waals surface area contributed by atoms with Crippen LogP contribution in [0.1, 0.15) is 39.0 Å². The molecule has 1 aliphatic heterocycles. The molecule has 0 spiro atoms. The predicted octanol–water partition coefficient (Wildman–Crippen LogP) is 1.19. The van der Waals surface area contributed by atoms with Gasteiger partial charge in [0.05, 0.1) is 0 Å². The van der Waals surface area contributed by atoms with Crippen molar-refractivity contribution in [3.05, 3.63) is 0 Å². The molecule has 2 amide bonds. The van der Waals surface area contributed by atoms with Gasteiger partial charge in [-0.05, 0) is 32.1 Å². The van der Waals surface area contributed by atoms with Crippen LogP contribution < -0.4 is 5.32 Å².